The third-order valence-corrected chi connectivity index (χ3v) is 7.86. The molecule has 2 unspecified atom stereocenters. The second-order valence-electron chi connectivity index (χ2n) is 9.45. The third-order valence-electron chi connectivity index (χ3n) is 7.86. The minimum absolute atomic E-state index is 0.719. The maximum absolute atomic E-state index is 8.99. The van der Waals surface area contributed by atoms with Crippen LogP contribution in [0.2, 0.25) is 0 Å². The minimum atomic E-state index is 0.719. The quantitative estimate of drug-likeness (QED) is 0.508. The van der Waals surface area contributed by atoms with E-state index in [1.165, 1.54) is 82.6 Å². The van der Waals surface area contributed by atoms with Crippen molar-refractivity contribution in [3.63, 3.8) is 0 Å². The van der Waals surface area contributed by atoms with E-state index in [0.29, 0.717) is 0 Å². The summed E-state index contributed by atoms with van der Waals surface area (Å²) in [7, 11) is 0. The summed E-state index contributed by atoms with van der Waals surface area (Å²) in [5.74, 6) is 3.64. The minimum Gasteiger partial charge on any atom is -0.192 e. The van der Waals surface area contributed by atoms with Gasteiger partial charge in [0, 0.05) is 0 Å². The van der Waals surface area contributed by atoms with Gasteiger partial charge in [0.25, 0.3) is 0 Å². The summed E-state index contributed by atoms with van der Waals surface area (Å²) in [5.41, 5.74) is 6.00. The standard InChI is InChI=1S/C26H35N/c1-2-3-19-4-9-26-17-25(15-14-24(26)16-19)23-12-10-22(11-13-23)21-7-5-20(18-27)6-8-21/h5-8,19,22-23,25H,2-4,9-17H2,1H3. The van der Waals surface area contributed by atoms with Crippen LogP contribution in [0.5, 0.6) is 0 Å². The molecule has 4 rings (SSSR count). The molecular formula is C26H35N. The second-order valence-corrected chi connectivity index (χ2v) is 9.45. The molecule has 0 amide bonds. The van der Waals surface area contributed by atoms with Gasteiger partial charge in [0.15, 0.2) is 0 Å². The van der Waals surface area contributed by atoms with Crippen molar-refractivity contribution < 1.29 is 0 Å². The monoisotopic (exact) mass is 361 g/mol. The maximum atomic E-state index is 8.99. The fourth-order valence-electron chi connectivity index (χ4n) is 6.26. The normalized spacial score (nSPS) is 31.3. The Bertz CT molecular complexity index is 697. The Morgan fingerprint density at radius 3 is 2.26 bits per heavy atom. The molecule has 0 radical (unpaired) electrons. The zero-order valence-electron chi connectivity index (χ0n) is 17.1. The van der Waals surface area contributed by atoms with Crippen LogP contribution in [0.15, 0.2) is 35.4 Å². The van der Waals surface area contributed by atoms with Gasteiger partial charge in [-0.25, -0.2) is 0 Å². The Balaban J connectivity index is 1.31. The summed E-state index contributed by atoms with van der Waals surface area (Å²) in [6, 6.07) is 10.6. The Labute approximate surface area is 165 Å². The van der Waals surface area contributed by atoms with Crippen LogP contribution in [0, 0.1) is 29.1 Å². The van der Waals surface area contributed by atoms with E-state index in [1.807, 2.05) is 23.3 Å². The molecule has 1 heteroatoms. The maximum Gasteiger partial charge on any atom is 0.0991 e. The smallest absolute Gasteiger partial charge is 0.0991 e. The highest BCUT2D eigenvalue weighted by Crippen LogP contribution is 2.47. The average molecular weight is 362 g/mol. The molecule has 3 aliphatic carbocycles. The lowest BCUT2D eigenvalue weighted by molar-refractivity contribution is 0.206. The zero-order chi connectivity index (χ0) is 18.6. The van der Waals surface area contributed by atoms with Crippen LogP contribution in [0.4, 0.5) is 0 Å². The molecular weight excluding hydrogens is 326 g/mol. The van der Waals surface area contributed by atoms with Crippen molar-refractivity contribution in [3.8, 4) is 6.07 Å². The van der Waals surface area contributed by atoms with Crippen molar-refractivity contribution in [3.05, 3.63) is 46.5 Å². The molecule has 0 saturated heterocycles. The summed E-state index contributed by atoms with van der Waals surface area (Å²) < 4.78 is 0. The van der Waals surface area contributed by atoms with Gasteiger partial charge in [-0.3, -0.25) is 0 Å². The third kappa shape index (κ3) is 4.31. The van der Waals surface area contributed by atoms with Crippen LogP contribution in [0.25, 0.3) is 0 Å². The largest absolute Gasteiger partial charge is 0.192 e. The molecule has 3 aliphatic rings. The van der Waals surface area contributed by atoms with Crippen molar-refractivity contribution in [2.24, 2.45) is 17.8 Å². The van der Waals surface area contributed by atoms with E-state index in [2.05, 4.69) is 25.1 Å². The highest BCUT2D eigenvalue weighted by atomic mass is 14.4. The van der Waals surface area contributed by atoms with E-state index in [9.17, 15) is 0 Å². The van der Waals surface area contributed by atoms with Gasteiger partial charge in [-0.15, -0.1) is 0 Å². The van der Waals surface area contributed by atoms with Gasteiger partial charge in [0.2, 0.25) is 0 Å². The molecule has 0 N–H and O–H groups in total. The topological polar surface area (TPSA) is 23.8 Å². The Morgan fingerprint density at radius 2 is 1.56 bits per heavy atom. The van der Waals surface area contributed by atoms with Gasteiger partial charge in [0.05, 0.1) is 11.6 Å². The molecule has 144 valence electrons. The summed E-state index contributed by atoms with van der Waals surface area (Å²) in [6.45, 7) is 2.34. The average Bonchev–Trinajstić information content (AvgIpc) is 2.74. The highest BCUT2D eigenvalue weighted by molar-refractivity contribution is 5.33. The molecule has 2 atom stereocenters. The van der Waals surface area contributed by atoms with Crippen molar-refractivity contribution in [2.45, 2.75) is 89.9 Å². The van der Waals surface area contributed by atoms with Crippen molar-refractivity contribution in [1.29, 1.82) is 5.26 Å². The number of nitrogens with zero attached hydrogens (tertiary/aromatic N) is 1. The molecule has 0 bridgehead atoms. The lowest BCUT2D eigenvalue weighted by atomic mass is 9.66. The van der Waals surface area contributed by atoms with Gasteiger partial charge in [-0.1, -0.05) is 43.0 Å². The van der Waals surface area contributed by atoms with Crippen molar-refractivity contribution >= 4 is 0 Å². The zero-order valence-corrected chi connectivity index (χ0v) is 17.1. The Hall–Kier alpha value is -1.55. The van der Waals surface area contributed by atoms with Gasteiger partial charge in [-0.2, -0.15) is 5.26 Å². The lowest BCUT2D eigenvalue weighted by Crippen LogP contribution is -2.26. The van der Waals surface area contributed by atoms with E-state index in [1.54, 1.807) is 0 Å². The summed E-state index contributed by atoms with van der Waals surface area (Å²) in [5, 5.41) is 8.99. The first-order chi connectivity index (χ1) is 13.3. The van der Waals surface area contributed by atoms with Crippen molar-refractivity contribution in [1.82, 2.24) is 0 Å². The highest BCUT2D eigenvalue weighted by Gasteiger charge is 2.33. The van der Waals surface area contributed by atoms with E-state index in [0.717, 1.165) is 29.2 Å². The molecule has 0 aliphatic heterocycles. The number of benzene rings is 1. The SMILES string of the molecule is CCCC1CCC2=C(CCC(C3CCC(c4ccc(C#N)cc4)CC3)C2)C1. The summed E-state index contributed by atoms with van der Waals surface area (Å²) in [6.07, 6.45) is 16.9. The molecule has 1 aromatic rings. The van der Waals surface area contributed by atoms with Gasteiger partial charge in [0.1, 0.15) is 0 Å². The fraction of sp³-hybridized carbons (Fsp3) is 0.654. The molecule has 0 heterocycles. The summed E-state index contributed by atoms with van der Waals surface area (Å²) >= 11 is 0. The number of allylic oxidation sites excluding steroid dienone is 2. The number of nitriles is 1. The fourth-order valence-corrected chi connectivity index (χ4v) is 6.26. The van der Waals surface area contributed by atoms with Gasteiger partial charge in [-0.05, 0) is 106 Å². The predicted molar refractivity (Wildman–Crippen MR) is 112 cm³/mol. The molecule has 0 aromatic heterocycles. The molecule has 1 saturated carbocycles. The van der Waals surface area contributed by atoms with Crippen molar-refractivity contribution in [2.75, 3.05) is 0 Å². The molecule has 1 nitrogen and oxygen atoms in total. The Morgan fingerprint density at radius 1 is 0.852 bits per heavy atom. The molecule has 1 aromatic carbocycles. The predicted octanol–water partition coefficient (Wildman–Crippen LogP) is 7.53. The van der Waals surface area contributed by atoms with Crippen LogP contribution >= 0.6 is 0 Å². The Kier molecular flexibility index (Phi) is 6.01. The van der Waals surface area contributed by atoms with Crippen LogP contribution in [-0.2, 0) is 0 Å². The van der Waals surface area contributed by atoms with Crippen LogP contribution in [0.1, 0.15) is 101 Å². The number of hydrogen-bond donors (Lipinski definition) is 0. The van der Waals surface area contributed by atoms with Crippen LogP contribution < -0.4 is 0 Å². The summed E-state index contributed by atoms with van der Waals surface area (Å²) in [4.78, 5) is 0. The molecule has 1 fully saturated rings. The molecule has 27 heavy (non-hydrogen) atoms. The van der Waals surface area contributed by atoms with E-state index in [4.69, 9.17) is 5.26 Å². The van der Waals surface area contributed by atoms with E-state index < -0.39 is 0 Å². The van der Waals surface area contributed by atoms with E-state index in [-0.39, 0.29) is 0 Å². The second kappa shape index (κ2) is 8.64. The lowest BCUT2D eigenvalue weighted by Gasteiger charge is -2.39. The number of hydrogen-bond acceptors (Lipinski definition) is 1. The first kappa shape index (κ1) is 18.8. The van der Waals surface area contributed by atoms with Crippen LogP contribution in [0.3, 0.4) is 0 Å². The van der Waals surface area contributed by atoms with Gasteiger partial charge >= 0.3 is 0 Å². The van der Waals surface area contributed by atoms with Crippen LogP contribution in [-0.4, -0.2) is 0 Å². The first-order valence-corrected chi connectivity index (χ1v) is 11.5. The van der Waals surface area contributed by atoms with Gasteiger partial charge < -0.3 is 0 Å². The van der Waals surface area contributed by atoms with E-state index >= 15 is 0 Å². The molecule has 0 spiro atoms. The number of rotatable bonds is 4. The first-order valence-electron chi connectivity index (χ1n) is 11.5.